The van der Waals surface area contributed by atoms with Crippen molar-refractivity contribution >= 4 is 21.6 Å². The molecule has 0 bridgehead atoms. The molecule has 0 saturated heterocycles. The largest absolute Gasteiger partial charge is 0.484 e. The number of benzene rings is 3. The van der Waals surface area contributed by atoms with E-state index in [9.17, 15) is 13.2 Å². The molecule has 0 saturated carbocycles. The second-order valence-corrected chi connectivity index (χ2v) is 8.56. The number of hydrogen-bond donors (Lipinski definition) is 2. The zero-order valence-electron chi connectivity index (χ0n) is 16.8. The monoisotopic (exact) mass is 424 g/mol. The molecule has 3 aromatic rings. The number of hydrogen-bond acceptors (Lipinski definition) is 4. The van der Waals surface area contributed by atoms with Gasteiger partial charge in [-0.25, -0.2) is 8.42 Å². The summed E-state index contributed by atoms with van der Waals surface area (Å²) in [4.78, 5) is 12.2. The smallest absolute Gasteiger partial charge is 0.261 e. The summed E-state index contributed by atoms with van der Waals surface area (Å²) < 4.78 is 33.2. The number of para-hydroxylation sites is 1. The van der Waals surface area contributed by atoms with E-state index in [1.54, 1.807) is 12.1 Å². The van der Waals surface area contributed by atoms with Crippen molar-refractivity contribution in [3.63, 3.8) is 0 Å². The van der Waals surface area contributed by atoms with Crippen LogP contribution in [-0.2, 0) is 14.8 Å². The molecule has 0 aliphatic carbocycles. The van der Waals surface area contributed by atoms with E-state index in [0.29, 0.717) is 11.4 Å². The van der Waals surface area contributed by atoms with Gasteiger partial charge in [-0.2, -0.15) is 0 Å². The van der Waals surface area contributed by atoms with Gasteiger partial charge in [-0.3, -0.25) is 9.52 Å². The second kappa shape index (κ2) is 9.45. The van der Waals surface area contributed by atoms with Crippen LogP contribution in [0.2, 0.25) is 0 Å². The van der Waals surface area contributed by atoms with Crippen molar-refractivity contribution in [1.29, 1.82) is 0 Å². The van der Waals surface area contributed by atoms with Gasteiger partial charge in [0.2, 0.25) is 0 Å². The number of carbonyl (C=O) groups excluding carboxylic acids is 1. The summed E-state index contributed by atoms with van der Waals surface area (Å²) in [6.07, 6.45) is 0. The molecule has 0 aliphatic rings. The van der Waals surface area contributed by atoms with E-state index in [-0.39, 0.29) is 23.5 Å². The highest BCUT2D eigenvalue weighted by Crippen LogP contribution is 2.21. The maximum absolute atomic E-state index is 12.6. The summed E-state index contributed by atoms with van der Waals surface area (Å²) in [7, 11) is -3.72. The molecule has 0 heterocycles. The lowest BCUT2D eigenvalue weighted by molar-refractivity contribution is -0.123. The molecule has 1 amide bonds. The minimum atomic E-state index is -3.72. The fourth-order valence-electron chi connectivity index (χ4n) is 2.86. The lowest BCUT2D eigenvalue weighted by Crippen LogP contribution is -2.31. The van der Waals surface area contributed by atoms with Crippen LogP contribution in [0, 0.1) is 6.92 Å². The van der Waals surface area contributed by atoms with Crippen LogP contribution in [0.1, 0.15) is 24.1 Å². The predicted octanol–water partition coefficient (Wildman–Crippen LogP) is 4.05. The first-order valence-electron chi connectivity index (χ1n) is 9.51. The lowest BCUT2D eigenvalue weighted by atomic mass is 10.1. The van der Waals surface area contributed by atoms with Gasteiger partial charge in [0, 0.05) is 0 Å². The Hall–Kier alpha value is -3.32. The SMILES string of the molecule is Cc1ccccc1NS(=O)(=O)c1ccc(OCC(=O)N[C@@H](C)c2ccccc2)cc1. The Morgan fingerprint density at radius 1 is 0.933 bits per heavy atom. The van der Waals surface area contributed by atoms with Gasteiger partial charge in [-0.1, -0.05) is 48.5 Å². The summed E-state index contributed by atoms with van der Waals surface area (Å²) >= 11 is 0. The number of ether oxygens (including phenoxy) is 1. The number of amides is 1. The zero-order valence-corrected chi connectivity index (χ0v) is 17.6. The standard InChI is InChI=1S/C23H24N2O4S/c1-17-8-6-7-11-22(17)25-30(27,28)21-14-12-20(13-15-21)29-16-23(26)24-18(2)19-9-4-3-5-10-19/h3-15,18,25H,16H2,1-2H3,(H,24,26)/t18-/m0/s1. The molecule has 0 aromatic heterocycles. The predicted molar refractivity (Wildman–Crippen MR) is 117 cm³/mol. The molecule has 0 aliphatic heterocycles. The maximum Gasteiger partial charge on any atom is 0.261 e. The van der Waals surface area contributed by atoms with Crippen molar-refractivity contribution in [2.75, 3.05) is 11.3 Å². The maximum atomic E-state index is 12.6. The van der Waals surface area contributed by atoms with Gasteiger partial charge >= 0.3 is 0 Å². The van der Waals surface area contributed by atoms with Gasteiger partial charge in [0.25, 0.3) is 15.9 Å². The van der Waals surface area contributed by atoms with Crippen LogP contribution in [0.5, 0.6) is 5.75 Å². The topological polar surface area (TPSA) is 84.5 Å². The highest BCUT2D eigenvalue weighted by molar-refractivity contribution is 7.92. The molecule has 0 unspecified atom stereocenters. The molecule has 6 nitrogen and oxygen atoms in total. The van der Waals surface area contributed by atoms with Crippen LogP contribution in [0.25, 0.3) is 0 Å². The average molecular weight is 425 g/mol. The molecule has 0 spiro atoms. The van der Waals surface area contributed by atoms with Crippen molar-refractivity contribution in [1.82, 2.24) is 5.32 Å². The molecular weight excluding hydrogens is 400 g/mol. The van der Waals surface area contributed by atoms with Gasteiger partial charge in [-0.05, 0) is 55.3 Å². The van der Waals surface area contributed by atoms with Crippen molar-refractivity contribution in [2.45, 2.75) is 24.8 Å². The molecule has 7 heteroatoms. The molecule has 3 aromatic carbocycles. The van der Waals surface area contributed by atoms with Crippen LogP contribution in [0.3, 0.4) is 0 Å². The van der Waals surface area contributed by atoms with Crippen LogP contribution in [-0.4, -0.2) is 20.9 Å². The van der Waals surface area contributed by atoms with E-state index in [4.69, 9.17) is 4.74 Å². The minimum absolute atomic E-state index is 0.111. The third kappa shape index (κ3) is 5.61. The molecular formula is C23H24N2O4S. The Labute approximate surface area is 177 Å². The fourth-order valence-corrected chi connectivity index (χ4v) is 3.99. The highest BCUT2D eigenvalue weighted by atomic mass is 32.2. The first kappa shape index (κ1) is 21.4. The zero-order chi connectivity index (χ0) is 21.6. The molecule has 2 N–H and O–H groups in total. The van der Waals surface area contributed by atoms with E-state index in [1.165, 1.54) is 24.3 Å². The molecule has 30 heavy (non-hydrogen) atoms. The Kier molecular flexibility index (Phi) is 6.74. The molecule has 156 valence electrons. The van der Waals surface area contributed by atoms with Gasteiger partial charge in [0.1, 0.15) is 5.75 Å². The summed E-state index contributed by atoms with van der Waals surface area (Å²) in [6, 6.07) is 22.6. The van der Waals surface area contributed by atoms with Gasteiger partial charge in [0.15, 0.2) is 6.61 Å². The summed E-state index contributed by atoms with van der Waals surface area (Å²) in [5.74, 6) is 0.150. The number of sulfonamides is 1. The normalized spacial score (nSPS) is 12.1. The van der Waals surface area contributed by atoms with E-state index in [0.717, 1.165) is 11.1 Å². The fraction of sp³-hybridized carbons (Fsp3) is 0.174. The van der Waals surface area contributed by atoms with E-state index >= 15 is 0 Å². The van der Waals surface area contributed by atoms with Crippen molar-refractivity contribution in [2.24, 2.45) is 0 Å². The Bertz CT molecular complexity index is 1100. The van der Waals surface area contributed by atoms with Crippen molar-refractivity contribution in [3.05, 3.63) is 90.0 Å². The van der Waals surface area contributed by atoms with Crippen LogP contribution in [0.4, 0.5) is 5.69 Å². The molecule has 0 radical (unpaired) electrons. The average Bonchev–Trinajstić information content (AvgIpc) is 2.75. The lowest BCUT2D eigenvalue weighted by Gasteiger charge is -2.15. The quantitative estimate of drug-likeness (QED) is 0.571. The molecule has 0 fully saturated rings. The summed E-state index contributed by atoms with van der Waals surface area (Å²) in [5.41, 5.74) is 2.36. The van der Waals surface area contributed by atoms with Gasteiger partial charge < -0.3 is 10.1 Å². The highest BCUT2D eigenvalue weighted by Gasteiger charge is 2.15. The summed E-state index contributed by atoms with van der Waals surface area (Å²) in [6.45, 7) is 3.57. The van der Waals surface area contributed by atoms with Crippen LogP contribution in [0.15, 0.2) is 83.8 Å². The third-order valence-corrected chi connectivity index (χ3v) is 5.95. The summed E-state index contributed by atoms with van der Waals surface area (Å²) in [5, 5.41) is 2.86. The van der Waals surface area contributed by atoms with Gasteiger partial charge in [-0.15, -0.1) is 0 Å². The Morgan fingerprint density at radius 2 is 1.57 bits per heavy atom. The molecule has 3 rings (SSSR count). The van der Waals surface area contributed by atoms with Crippen LogP contribution >= 0.6 is 0 Å². The minimum Gasteiger partial charge on any atom is -0.484 e. The molecule has 1 atom stereocenters. The Balaban J connectivity index is 1.56. The number of rotatable bonds is 8. The number of nitrogens with one attached hydrogen (secondary N) is 2. The van der Waals surface area contributed by atoms with Gasteiger partial charge in [0.05, 0.1) is 16.6 Å². The first-order chi connectivity index (χ1) is 14.3. The van der Waals surface area contributed by atoms with Crippen molar-refractivity contribution < 1.29 is 17.9 Å². The van der Waals surface area contributed by atoms with E-state index in [1.807, 2.05) is 56.3 Å². The van der Waals surface area contributed by atoms with Crippen LogP contribution < -0.4 is 14.8 Å². The number of aryl methyl sites for hydroxylation is 1. The van der Waals surface area contributed by atoms with E-state index in [2.05, 4.69) is 10.0 Å². The number of anilines is 1. The third-order valence-electron chi connectivity index (χ3n) is 4.57. The number of carbonyl (C=O) groups is 1. The van der Waals surface area contributed by atoms with Crippen molar-refractivity contribution in [3.8, 4) is 5.75 Å². The second-order valence-electron chi connectivity index (χ2n) is 6.88. The van der Waals surface area contributed by atoms with E-state index < -0.39 is 10.0 Å². The Morgan fingerprint density at radius 3 is 2.23 bits per heavy atom. The first-order valence-corrected chi connectivity index (χ1v) is 11.0.